The molecule has 0 amide bonds. The van der Waals surface area contributed by atoms with Crippen LogP contribution in [-0.4, -0.2) is 24.6 Å². The number of methoxy groups -OCH3 is 1. The van der Waals surface area contributed by atoms with E-state index in [1.165, 1.54) is 18.9 Å². The molecule has 0 saturated heterocycles. The first-order chi connectivity index (χ1) is 7.72. The fourth-order valence-electron chi connectivity index (χ4n) is 1.10. The van der Waals surface area contributed by atoms with Crippen LogP contribution in [0.3, 0.4) is 0 Å². The van der Waals surface area contributed by atoms with Gasteiger partial charge < -0.3 is 4.74 Å². The molecule has 4 heteroatoms. The van der Waals surface area contributed by atoms with E-state index in [9.17, 15) is 9.59 Å². The molecule has 86 valence electrons. The molecule has 16 heavy (non-hydrogen) atoms. The van der Waals surface area contributed by atoms with Crippen molar-refractivity contribution in [3.05, 3.63) is 30.3 Å². The Morgan fingerprint density at radius 2 is 1.88 bits per heavy atom. The third kappa shape index (κ3) is 4.98. The average molecular weight is 238 g/mol. The van der Waals surface area contributed by atoms with Crippen molar-refractivity contribution in [3.63, 3.8) is 0 Å². The van der Waals surface area contributed by atoms with Gasteiger partial charge in [-0.05, 0) is 12.1 Å². The van der Waals surface area contributed by atoms with E-state index in [0.29, 0.717) is 5.75 Å². The summed E-state index contributed by atoms with van der Waals surface area (Å²) in [7, 11) is 1.32. The summed E-state index contributed by atoms with van der Waals surface area (Å²) in [5.41, 5.74) is 0. The van der Waals surface area contributed by atoms with Gasteiger partial charge in [0.25, 0.3) is 0 Å². The van der Waals surface area contributed by atoms with Gasteiger partial charge >= 0.3 is 5.97 Å². The number of carbonyl (C=O) groups excluding carboxylic acids is 2. The van der Waals surface area contributed by atoms with E-state index in [2.05, 4.69) is 4.74 Å². The molecule has 0 radical (unpaired) electrons. The summed E-state index contributed by atoms with van der Waals surface area (Å²) in [6, 6.07) is 9.71. The second-order valence-electron chi connectivity index (χ2n) is 3.22. The molecule has 0 heterocycles. The van der Waals surface area contributed by atoms with E-state index in [-0.39, 0.29) is 24.6 Å². The van der Waals surface area contributed by atoms with E-state index in [1.807, 2.05) is 30.3 Å². The van der Waals surface area contributed by atoms with Crippen LogP contribution in [0.5, 0.6) is 0 Å². The lowest BCUT2D eigenvalue weighted by Crippen LogP contribution is -2.07. The molecule has 0 fully saturated rings. The minimum Gasteiger partial charge on any atom is -0.469 e. The van der Waals surface area contributed by atoms with E-state index in [4.69, 9.17) is 0 Å². The largest absolute Gasteiger partial charge is 0.469 e. The highest BCUT2D eigenvalue weighted by molar-refractivity contribution is 8.00. The molecule has 0 N–H and O–H groups in total. The van der Waals surface area contributed by atoms with Crippen molar-refractivity contribution in [3.8, 4) is 0 Å². The van der Waals surface area contributed by atoms with Crippen molar-refractivity contribution in [1.29, 1.82) is 0 Å². The van der Waals surface area contributed by atoms with Gasteiger partial charge in [0.2, 0.25) is 0 Å². The fraction of sp³-hybridized carbons (Fsp3) is 0.333. The lowest BCUT2D eigenvalue weighted by atomic mass is 10.2. The lowest BCUT2D eigenvalue weighted by Gasteiger charge is -2.00. The van der Waals surface area contributed by atoms with E-state index >= 15 is 0 Å². The van der Waals surface area contributed by atoms with Crippen molar-refractivity contribution < 1.29 is 14.3 Å². The Morgan fingerprint density at radius 1 is 1.19 bits per heavy atom. The molecule has 0 atom stereocenters. The average Bonchev–Trinajstić information content (AvgIpc) is 2.34. The highest BCUT2D eigenvalue weighted by Crippen LogP contribution is 2.17. The molecule has 0 spiro atoms. The maximum atomic E-state index is 11.4. The van der Waals surface area contributed by atoms with Gasteiger partial charge in [-0.2, -0.15) is 0 Å². The monoisotopic (exact) mass is 238 g/mol. The van der Waals surface area contributed by atoms with Gasteiger partial charge in [-0.3, -0.25) is 9.59 Å². The summed E-state index contributed by atoms with van der Waals surface area (Å²) in [6.07, 6.45) is 0.428. The molecule has 0 saturated carbocycles. The normalized spacial score (nSPS) is 9.81. The second kappa shape index (κ2) is 7.06. The highest BCUT2D eigenvalue weighted by atomic mass is 32.2. The standard InChI is InChI=1S/C12H14O3S/c1-15-12(14)8-7-10(13)9-16-11-5-3-2-4-6-11/h2-6H,7-9H2,1H3. The van der Waals surface area contributed by atoms with Crippen LogP contribution >= 0.6 is 11.8 Å². The maximum absolute atomic E-state index is 11.4. The van der Waals surface area contributed by atoms with Crippen LogP contribution in [0, 0.1) is 0 Å². The smallest absolute Gasteiger partial charge is 0.305 e. The minimum absolute atomic E-state index is 0.0688. The zero-order valence-corrected chi connectivity index (χ0v) is 9.96. The molecule has 0 aliphatic heterocycles. The molecular formula is C12H14O3S. The van der Waals surface area contributed by atoms with Crippen LogP contribution < -0.4 is 0 Å². The van der Waals surface area contributed by atoms with Crippen molar-refractivity contribution >= 4 is 23.5 Å². The summed E-state index contributed by atoms with van der Waals surface area (Å²) >= 11 is 1.49. The predicted octanol–water partition coefficient (Wildman–Crippen LogP) is 2.30. The first kappa shape index (κ1) is 12.8. The Kier molecular flexibility index (Phi) is 5.64. The van der Waals surface area contributed by atoms with Crippen LogP contribution in [-0.2, 0) is 14.3 Å². The number of ether oxygens (including phenoxy) is 1. The zero-order valence-electron chi connectivity index (χ0n) is 9.14. The van der Waals surface area contributed by atoms with Crippen LogP contribution in [0.15, 0.2) is 35.2 Å². The molecule has 0 bridgehead atoms. The molecule has 1 aromatic carbocycles. The lowest BCUT2D eigenvalue weighted by molar-refractivity contribution is -0.141. The molecule has 1 rings (SSSR count). The molecule has 0 unspecified atom stereocenters. The second-order valence-corrected chi connectivity index (χ2v) is 4.27. The summed E-state index contributed by atoms with van der Waals surface area (Å²) in [5, 5.41) is 0. The molecule has 0 aromatic heterocycles. The third-order valence-electron chi connectivity index (χ3n) is 1.98. The number of hydrogen-bond donors (Lipinski definition) is 0. The van der Waals surface area contributed by atoms with Crippen molar-refractivity contribution in [2.75, 3.05) is 12.9 Å². The first-order valence-corrected chi connectivity index (χ1v) is 5.97. The van der Waals surface area contributed by atoms with E-state index in [0.717, 1.165) is 4.90 Å². The highest BCUT2D eigenvalue weighted by Gasteiger charge is 2.07. The van der Waals surface area contributed by atoms with Gasteiger partial charge in [0.05, 0.1) is 19.3 Å². The number of Topliss-reactive ketones (excluding diaryl/α,β-unsaturated/α-hetero) is 1. The Labute approximate surface area is 99.2 Å². The van der Waals surface area contributed by atoms with Gasteiger partial charge in [0.15, 0.2) is 0 Å². The van der Waals surface area contributed by atoms with Gasteiger partial charge in [0.1, 0.15) is 5.78 Å². The van der Waals surface area contributed by atoms with Crippen LogP contribution in [0.25, 0.3) is 0 Å². The number of benzene rings is 1. The van der Waals surface area contributed by atoms with E-state index < -0.39 is 0 Å². The summed E-state index contributed by atoms with van der Waals surface area (Å²) in [6.45, 7) is 0. The molecular weight excluding hydrogens is 224 g/mol. The number of esters is 1. The molecule has 1 aromatic rings. The summed E-state index contributed by atoms with van der Waals surface area (Å²) in [4.78, 5) is 23.3. The van der Waals surface area contributed by atoms with Crippen molar-refractivity contribution in [1.82, 2.24) is 0 Å². The topological polar surface area (TPSA) is 43.4 Å². The number of ketones is 1. The minimum atomic E-state index is -0.335. The van der Waals surface area contributed by atoms with Crippen LogP contribution in [0.2, 0.25) is 0 Å². The van der Waals surface area contributed by atoms with Crippen molar-refractivity contribution in [2.24, 2.45) is 0 Å². The predicted molar refractivity (Wildman–Crippen MR) is 63.4 cm³/mol. The molecule has 0 aliphatic carbocycles. The Hall–Kier alpha value is -1.29. The fourth-order valence-corrected chi connectivity index (χ4v) is 1.92. The third-order valence-corrected chi connectivity index (χ3v) is 3.05. The summed E-state index contributed by atoms with van der Waals surface area (Å²) < 4.78 is 4.47. The van der Waals surface area contributed by atoms with E-state index in [1.54, 1.807) is 0 Å². The number of thioether (sulfide) groups is 1. The van der Waals surface area contributed by atoms with Crippen LogP contribution in [0.4, 0.5) is 0 Å². The van der Waals surface area contributed by atoms with Gasteiger partial charge in [-0.25, -0.2) is 0 Å². The van der Waals surface area contributed by atoms with Crippen molar-refractivity contribution in [2.45, 2.75) is 17.7 Å². The van der Waals surface area contributed by atoms with Gasteiger partial charge in [-0.15, -0.1) is 11.8 Å². The van der Waals surface area contributed by atoms with Gasteiger partial charge in [-0.1, -0.05) is 18.2 Å². The SMILES string of the molecule is COC(=O)CCC(=O)CSc1ccccc1. The quantitative estimate of drug-likeness (QED) is 0.563. The molecule has 3 nitrogen and oxygen atoms in total. The number of carbonyl (C=O) groups is 2. The first-order valence-electron chi connectivity index (χ1n) is 4.98. The Morgan fingerprint density at radius 3 is 2.50 bits per heavy atom. The maximum Gasteiger partial charge on any atom is 0.305 e. The zero-order chi connectivity index (χ0) is 11.8. The summed E-state index contributed by atoms with van der Waals surface area (Å²) in [5.74, 6) is 0.137. The van der Waals surface area contributed by atoms with Gasteiger partial charge in [0, 0.05) is 11.3 Å². The number of rotatable bonds is 6. The Bertz CT molecular complexity index is 349. The number of hydrogen-bond acceptors (Lipinski definition) is 4. The van der Waals surface area contributed by atoms with Crippen LogP contribution in [0.1, 0.15) is 12.8 Å². The molecule has 0 aliphatic rings. The Balaban J connectivity index is 2.23.